The lowest BCUT2D eigenvalue weighted by Crippen LogP contribution is -2.38. The lowest BCUT2D eigenvalue weighted by molar-refractivity contribution is 0.226. The van der Waals surface area contributed by atoms with E-state index in [0.29, 0.717) is 0 Å². The van der Waals surface area contributed by atoms with Gasteiger partial charge in [0, 0.05) is 18.8 Å². The van der Waals surface area contributed by atoms with Gasteiger partial charge in [-0.15, -0.1) is 0 Å². The van der Waals surface area contributed by atoms with Crippen LogP contribution in [0.4, 0.5) is 5.69 Å². The Hall–Kier alpha value is -0.980. The van der Waals surface area contributed by atoms with Gasteiger partial charge in [0.2, 0.25) is 0 Å². The maximum Gasteiger partial charge on any atom is 0.0366 e. The van der Waals surface area contributed by atoms with Gasteiger partial charge >= 0.3 is 0 Å². The number of hydrogen-bond donors (Lipinski definition) is 0. The van der Waals surface area contributed by atoms with Crippen molar-refractivity contribution in [2.45, 2.75) is 38.5 Å². The van der Waals surface area contributed by atoms with Gasteiger partial charge in [0.1, 0.15) is 0 Å². The molecular weight excluding hydrogens is 194 g/mol. The largest absolute Gasteiger partial charge is 0.371 e. The average molecular weight is 214 g/mol. The predicted molar refractivity (Wildman–Crippen MR) is 67.6 cm³/mol. The Morgan fingerprint density at radius 3 is 2.19 bits per heavy atom. The Bertz CT molecular complexity index is 328. The second-order valence-corrected chi connectivity index (χ2v) is 5.45. The van der Waals surface area contributed by atoms with Crippen LogP contribution in [0.3, 0.4) is 0 Å². The van der Waals surface area contributed by atoms with Crippen molar-refractivity contribution in [1.29, 1.82) is 0 Å². The zero-order chi connectivity index (χ0) is 10.8. The highest BCUT2D eigenvalue weighted by Gasteiger charge is 2.36. The molecule has 0 amide bonds. The number of anilines is 1. The summed E-state index contributed by atoms with van der Waals surface area (Å²) in [7, 11) is 0. The summed E-state index contributed by atoms with van der Waals surface area (Å²) in [5.41, 5.74) is 2.11. The zero-order valence-electron chi connectivity index (χ0n) is 9.91. The molecule has 0 atom stereocenters. The molecule has 1 heterocycles. The fourth-order valence-electron chi connectivity index (χ4n) is 3.45. The fourth-order valence-corrected chi connectivity index (χ4v) is 3.45. The molecule has 1 aromatic rings. The van der Waals surface area contributed by atoms with Gasteiger partial charge in [-0.3, -0.25) is 0 Å². The lowest BCUT2D eigenvalue weighted by atomic mass is 9.77. The number of rotatable bonds is 1. The molecule has 2 fully saturated rings. The van der Waals surface area contributed by atoms with Crippen molar-refractivity contribution in [2.24, 2.45) is 5.41 Å². The van der Waals surface area contributed by atoms with Crippen LogP contribution in [0.2, 0.25) is 0 Å². The molecule has 0 unspecified atom stereocenters. The van der Waals surface area contributed by atoms with Crippen molar-refractivity contribution in [3.63, 3.8) is 0 Å². The highest BCUT2D eigenvalue weighted by molar-refractivity contribution is 5.46. The Labute approximate surface area is 98.5 Å². The Morgan fingerprint density at radius 2 is 1.56 bits per heavy atom. The summed E-state index contributed by atoms with van der Waals surface area (Å²) < 4.78 is 0. The van der Waals surface area contributed by atoms with Crippen LogP contribution in [-0.4, -0.2) is 13.1 Å². The van der Waals surface area contributed by atoms with Crippen LogP contribution in [0.5, 0.6) is 0 Å². The number of piperidine rings is 1. The van der Waals surface area contributed by atoms with Gasteiger partial charge in [-0.2, -0.15) is 0 Å². The Balaban J connectivity index is 1.66. The first kappa shape index (κ1) is 10.2. The molecule has 1 radical (unpaired) electrons. The molecule has 1 saturated heterocycles. The molecule has 1 aliphatic carbocycles. The van der Waals surface area contributed by atoms with E-state index in [4.69, 9.17) is 0 Å². The normalized spacial score (nSPS) is 23.9. The summed E-state index contributed by atoms with van der Waals surface area (Å²) in [4.78, 5) is 2.54. The highest BCUT2D eigenvalue weighted by Crippen LogP contribution is 2.46. The molecular formula is C15H20N. The summed E-state index contributed by atoms with van der Waals surface area (Å²) in [6, 6.07) is 11.5. The van der Waals surface area contributed by atoms with E-state index in [1.54, 1.807) is 0 Å². The van der Waals surface area contributed by atoms with Gasteiger partial charge in [0.25, 0.3) is 0 Å². The SMILES string of the molecule is [c]1ccc(N2CCC3(CCCC3)CC2)cc1. The smallest absolute Gasteiger partial charge is 0.0366 e. The minimum atomic E-state index is 0.734. The van der Waals surface area contributed by atoms with Crippen LogP contribution >= 0.6 is 0 Å². The Kier molecular flexibility index (Phi) is 2.62. The van der Waals surface area contributed by atoms with E-state index < -0.39 is 0 Å². The second-order valence-electron chi connectivity index (χ2n) is 5.45. The van der Waals surface area contributed by atoms with Crippen molar-refractivity contribution in [3.05, 3.63) is 30.3 Å². The van der Waals surface area contributed by atoms with Gasteiger partial charge < -0.3 is 4.90 Å². The van der Waals surface area contributed by atoms with Crippen molar-refractivity contribution >= 4 is 5.69 Å². The molecule has 1 aliphatic heterocycles. The van der Waals surface area contributed by atoms with Gasteiger partial charge in [0.15, 0.2) is 0 Å². The van der Waals surface area contributed by atoms with E-state index in [-0.39, 0.29) is 0 Å². The molecule has 2 aliphatic rings. The van der Waals surface area contributed by atoms with Crippen LogP contribution < -0.4 is 4.90 Å². The van der Waals surface area contributed by atoms with Gasteiger partial charge in [0.05, 0.1) is 0 Å². The van der Waals surface area contributed by atoms with Gasteiger partial charge in [-0.1, -0.05) is 25.0 Å². The highest BCUT2D eigenvalue weighted by atomic mass is 15.1. The molecule has 0 N–H and O–H groups in total. The quantitative estimate of drug-likeness (QED) is 0.689. The third-order valence-corrected chi connectivity index (χ3v) is 4.55. The van der Waals surface area contributed by atoms with Crippen LogP contribution in [0.1, 0.15) is 38.5 Å². The van der Waals surface area contributed by atoms with Crippen molar-refractivity contribution in [1.82, 2.24) is 0 Å². The third kappa shape index (κ3) is 1.83. The molecule has 0 bridgehead atoms. The molecule has 1 heteroatoms. The van der Waals surface area contributed by atoms with Crippen LogP contribution in [0, 0.1) is 11.5 Å². The molecule has 1 spiro atoms. The molecule has 16 heavy (non-hydrogen) atoms. The minimum absolute atomic E-state index is 0.734. The molecule has 1 saturated carbocycles. The number of benzene rings is 1. The van der Waals surface area contributed by atoms with E-state index in [9.17, 15) is 0 Å². The first-order valence-corrected chi connectivity index (χ1v) is 6.59. The lowest BCUT2D eigenvalue weighted by Gasteiger charge is -2.40. The standard InChI is InChI=1S/C15H20N/c1-2-6-14(7-3-1)16-12-10-15(11-13-16)8-4-5-9-15/h2-3,6-7H,4-5,8-13H2. The minimum Gasteiger partial charge on any atom is -0.371 e. The summed E-state index contributed by atoms with van der Waals surface area (Å²) in [5.74, 6) is 0. The van der Waals surface area contributed by atoms with E-state index in [1.807, 2.05) is 12.1 Å². The number of nitrogens with zero attached hydrogens (tertiary/aromatic N) is 1. The van der Waals surface area contributed by atoms with E-state index in [0.717, 1.165) is 5.41 Å². The molecule has 1 aromatic carbocycles. The summed E-state index contributed by atoms with van der Waals surface area (Å²) in [6.45, 7) is 2.51. The monoisotopic (exact) mass is 214 g/mol. The van der Waals surface area contributed by atoms with Gasteiger partial charge in [-0.05, 0) is 49.3 Å². The second kappa shape index (κ2) is 4.12. The zero-order valence-corrected chi connectivity index (χ0v) is 9.91. The third-order valence-electron chi connectivity index (χ3n) is 4.55. The molecule has 85 valence electrons. The topological polar surface area (TPSA) is 3.24 Å². The van der Waals surface area contributed by atoms with Crippen molar-refractivity contribution in [2.75, 3.05) is 18.0 Å². The molecule has 0 aromatic heterocycles. The molecule has 1 nitrogen and oxygen atoms in total. The summed E-state index contributed by atoms with van der Waals surface area (Å²) >= 11 is 0. The van der Waals surface area contributed by atoms with Crippen molar-refractivity contribution < 1.29 is 0 Å². The molecule has 3 rings (SSSR count). The average Bonchev–Trinajstić information content (AvgIpc) is 2.80. The van der Waals surface area contributed by atoms with E-state index in [1.165, 1.54) is 57.3 Å². The van der Waals surface area contributed by atoms with Crippen LogP contribution in [0.15, 0.2) is 24.3 Å². The van der Waals surface area contributed by atoms with Crippen molar-refractivity contribution in [3.8, 4) is 0 Å². The predicted octanol–water partition coefficient (Wildman–Crippen LogP) is 3.65. The maximum absolute atomic E-state index is 3.09. The van der Waals surface area contributed by atoms with Crippen LogP contribution in [0.25, 0.3) is 0 Å². The summed E-state index contributed by atoms with van der Waals surface area (Å²) in [5, 5.41) is 0. The Morgan fingerprint density at radius 1 is 0.938 bits per heavy atom. The first-order chi connectivity index (χ1) is 7.88. The van der Waals surface area contributed by atoms with E-state index in [2.05, 4.69) is 23.1 Å². The van der Waals surface area contributed by atoms with Gasteiger partial charge in [-0.25, -0.2) is 0 Å². The maximum atomic E-state index is 3.09. The van der Waals surface area contributed by atoms with Crippen LogP contribution in [-0.2, 0) is 0 Å². The summed E-state index contributed by atoms with van der Waals surface area (Å²) in [6.07, 6.45) is 8.74. The number of hydrogen-bond acceptors (Lipinski definition) is 1. The fraction of sp³-hybridized carbons (Fsp3) is 0.600. The van der Waals surface area contributed by atoms with E-state index >= 15 is 0 Å². The first-order valence-electron chi connectivity index (χ1n) is 6.59.